The van der Waals surface area contributed by atoms with Crippen molar-refractivity contribution in [3.8, 4) is 5.75 Å². The lowest BCUT2D eigenvalue weighted by Crippen LogP contribution is -2.44. The summed E-state index contributed by atoms with van der Waals surface area (Å²) in [5.74, 6) is 0.285. The molecule has 0 bridgehead atoms. The number of carbonyl (C=O) groups excluding carboxylic acids is 1. The van der Waals surface area contributed by atoms with Crippen molar-refractivity contribution in [1.82, 2.24) is 14.3 Å². The lowest BCUT2D eigenvalue weighted by Gasteiger charge is -2.33. The first-order valence-electron chi connectivity index (χ1n) is 12.1. The fourth-order valence-electron chi connectivity index (χ4n) is 4.53. The van der Waals surface area contributed by atoms with E-state index in [9.17, 15) is 13.2 Å². The van der Waals surface area contributed by atoms with Gasteiger partial charge in [0.05, 0.1) is 23.2 Å². The van der Waals surface area contributed by atoms with Gasteiger partial charge in [0.25, 0.3) is 0 Å². The van der Waals surface area contributed by atoms with E-state index in [1.54, 1.807) is 48.7 Å². The number of thiazole rings is 1. The summed E-state index contributed by atoms with van der Waals surface area (Å²) in [7, 11) is -2.00. The fourth-order valence-corrected chi connectivity index (χ4v) is 6.99. The number of nitrogens with zero attached hydrogens (tertiary/aromatic N) is 4. The largest absolute Gasteiger partial charge is 0.494 e. The van der Waals surface area contributed by atoms with Crippen LogP contribution < -0.4 is 9.64 Å². The van der Waals surface area contributed by atoms with Gasteiger partial charge >= 0.3 is 0 Å². The number of carbonyl (C=O) groups is 1. The summed E-state index contributed by atoms with van der Waals surface area (Å²) in [6, 6.07) is 16.4. The molecule has 2 aromatic carbocycles. The molecule has 0 aliphatic carbocycles. The van der Waals surface area contributed by atoms with Gasteiger partial charge in [-0.05, 0) is 55.7 Å². The van der Waals surface area contributed by atoms with Gasteiger partial charge in [0.2, 0.25) is 15.9 Å². The van der Waals surface area contributed by atoms with Gasteiger partial charge in [0, 0.05) is 31.4 Å². The zero-order valence-electron chi connectivity index (χ0n) is 20.7. The molecule has 4 aromatic rings. The van der Waals surface area contributed by atoms with Gasteiger partial charge in [-0.25, -0.2) is 13.4 Å². The van der Waals surface area contributed by atoms with Crippen LogP contribution in [0.15, 0.2) is 71.9 Å². The van der Waals surface area contributed by atoms with E-state index < -0.39 is 10.0 Å². The number of methoxy groups -OCH3 is 1. The summed E-state index contributed by atoms with van der Waals surface area (Å²) < 4.78 is 34.1. The quantitative estimate of drug-likeness (QED) is 0.342. The molecule has 1 saturated heterocycles. The number of benzene rings is 2. The molecule has 37 heavy (non-hydrogen) atoms. The van der Waals surface area contributed by atoms with Gasteiger partial charge in [-0.3, -0.25) is 14.7 Å². The number of piperidine rings is 1. The van der Waals surface area contributed by atoms with E-state index in [-0.39, 0.29) is 16.7 Å². The fraction of sp³-hybridized carbons (Fsp3) is 0.296. The smallest absolute Gasteiger partial charge is 0.243 e. The van der Waals surface area contributed by atoms with E-state index in [2.05, 4.69) is 4.98 Å². The number of anilines is 1. The van der Waals surface area contributed by atoms with Crippen molar-refractivity contribution >= 4 is 42.6 Å². The molecule has 0 spiro atoms. The predicted molar refractivity (Wildman–Crippen MR) is 144 cm³/mol. The number of hydrogen-bond acceptors (Lipinski definition) is 7. The minimum atomic E-state index is -3.60. The molecule has 2 aromatic heterocycles. The molecule has 0 radical (unpaired) electrons. The van der Waals surface area contributed by atoms with Crippen LogP contribution in [0, 0.1) is 12.8 Å². The van der Waals surface area contributed by atoms with Crippen molar-refractivity contribution in [2.24, 2.45) is 5.92 Å². The standard InChI is InChI=1S/C27H28N4O4S2/c1-19-8-10-22(11-9-19)37(33,34)30-15-12-21(13-16-30)26(32)31(18-20-5-4-14-28-17-20)27-29-25-23(35-2)6-3-7-24(25)36-27/h3-11,14,17,21H,12-13,15-16,18H2,1-2H3. The van der Waals surface area contributed by atoms with Crippen LogP contribution in [0.2, 0.25) is 0 Å². The number of fused-ring (bicyclic) bond motifs is 1. The third-order valence-corrected chi connectivity index (χ3v) is 9.57. The molecule has 1 amide bonds. The molecule has 0 saturated carbocycles. The molecule has 192 valence electrons. The minimum absolute atomic E-state index is 0.0609. The summed E-state index contributed by atoms with van der Waals surface area (Å²) >= 11 is 1.44. The monoisotopic (exact) mass is 536 g/mol. The number of aryl methyl sites for hydroxylation is 1. The maximum absolute atomic E-state index is 13.9. The molecule has 0 atom stereocenters. The Morgan fingerprint density at radius 1 is 1.11 bits per heavy atom. The summed E-state index contributed by atoms with van der Waals surface area (Å²) in [6.07, 6.45) is 4.33. The molecule has 3 heterocycles. The van der Waals surface area contributed by atoms with Gasteiger partial charge < -0.3 is 4.74 Å². The third-order valence-electron chi connectivity index (χ3n) is 6.61. The van der Waals surface area contributed by atoms with Crippen molar-refractivity contribution in [3.63, 3.8) is 0 Å². The summed E-state index contributed by atoms with van der Waals surface area (Å²) in [5, 5.41) is 0.586. The van der Waals surface area contributed by atoms with Crippen molar-refractivity contribution in [2.45, 2.75) is 31.2 Å². The molecule has 0 N–H and O–H groups in total. The third kappa shape index (κ3) is 5.22. The molecule has 8 nitrogen and oxygen atoms in total. The van der Waals surface area contributed by atoms with E-state index in [0.29, 0.717) is 48.9 Å². The van der Waals surface area contributed by atoms with Crippen LogP contribution >= 0.6 is 11.3 Å². The Kier molecular flexibility index (Phi) is 7.23. The molecule has 10 heteroatoms. The molecule has 1 aliphatic rings. The summed E-state index contributed by atoms with van der Waals surface area (Å²) in [6.45, 7) is 2.84. The van der Waals surface area contributed by atoms with Gasteiger partial charge in [-0.15, -0.1) is 0 Å². The number of hydrogen-bond donors (Lipinski definition) is 0. The topological polar surface area (TPSA) is 92.7 Å². The zero-order chi connectivity index (χ0) is 26.0. The Bertz CT molecular complexity index is 1500. The van der Waals surface area contributed by atoms with Crippen LogP contribution in [0.5, 0.6) is 5.75 Å². The SMILES string of the molecule is COc1cccc2sc(N(Cc3cccnc3)C(=O)C3CCN(S(=O)(=O)c4ccc(C)cc4)CC3)nc12. The summed E-state index contributed by atoms with van der Waals surface area (Å²) in [5.41, 5.74) is 2.61. The number of ether oxygens (including phenoxy) is 1. The lowest BCUT2D eigenvalue weighted by molar-refractivity contribution is -0.123. The second-order valence-corrected chi connectivity index (χ2v) is 12.0. The number of rotatable bonds is 7. The molecule has 1 aliphatic heterocycles. The zero-order valence-corrected chi connectivity index (χ0v) is 22.3. The number of aromatic nitrogens is 2. The van der Waals surface area contributed by atoms with E-state index in [1.165, 1.54) is 15.6 Å². The van der Waals surface area contributed by atoms with E-state index in [1.807, 2.05) is 37.3 Å². The van der Waals surface area contributed by atoms with Crippen LogP contribution in [0.4, 0.5) is 5.13 Å². The number of pyridine rings is 1. The maximum Gasteiger partial charge on any atom is 0.243 e. The predicted octanol–water partition coefficient (Wildman–Crippen LogP) is 4.64. The van der Waals surface area contributed by atoms with E-state index in [4.69, 9.17) is 9.72 Å². The van der Waals surface area contributed by atoms with Gasteiger partial charge in [0.15, 0.2) is 5.13 Å². The van der Waals surface area contributed by atoms with Crippen LogP contribution in [0.3, 0.4) is 0 Å². The molecule has 1 fully saturated rings. The lowest BCUT2D eigenvalue weighted by atomic mass is 9.96. The number of amides is 1. The first-order chi connectivity index (χ1) is 17.9. The van der Waals surface area contributed by atoms with Crippen molar-refractivity contribution < 1.29 is 17.9 Å². The minimum Gasteiger partial charge on any atom is -0.494 e. The first-order valence-corrected chi connectivity index (χ1v) is 14.3. The molecule has 5 rings (SSSR count). The Morgan fingerprint density at radius 3 is 2.54 bits per heavy atom. The Balaban J connectivity index is 1.38. The van der Waals surface area contributed by atoms with Crippen molar-refractivity contribution in [2.75, 3.05) is 25.1 Å². The first kappa shape index (κ1) is 25.3. The molecule has 0 unspecified atom stereocenters. The van der Waals surface area contributed by atoms with Crippen molar-refractivity contribution in [1.29, 1.82) is 0 Å². The van der Waals surface area contributed by atoms with Crippen LogP contribution in [-0.2, 0) is 21.4 Å². The highest BCUT2D eigenvalue weighted by molar-refractivity contribution is 7.89. The van der Waals surface area contributed by atoms with Crippen LogP contribution in [0.1, 0.15) is 24.0 Å². The second-order valence-electron chi connectivity index (χ2n) is 9.08. The average molecular weight is 537 g/mol. The molecular weight excluding hydrogens is 508 g/mol. The van der Waals surface area contributed by atoms with E-state index in [0.717, 1.165) is 15.8 Å². The number of para-hydroxylation sites is 1. The number of sulfonamides is 1. The van der Waals surface area contributed by atoms with Gasteiger partial charge in [-0.2, -0.15) is 4.31 Å². The summed E-state index contributed by atoms with van der Waals surface area (Å²) in [4.78, 5) is 24.8. The molecular formula is C27H28N4O4S2. The Hall–Kier alpha value is -3.34. The normalized spacial score (nSPS) is 15.1. The van der Waals surface area contributed by atoms with Crippen molar-refractivity contribution in [3.05, 3.63) is 78.1 Å². The highest BCUT2D eigenvalue weighted by atomic mass is 32.2. The van der Waals surface area contributed by atoms with Gasteiger partial charge in [-0.1, -0.05) is 41.2 Å². The van der Waals surface area contributed by atoms with E-state index >= 15 is 0 Å². The van der Waals surface area contributed by atoms with Crippen LogP contribution in [-0.4, -0.2) is 48.8 Å². The second kappa shape index (κ2) is 10.6. The Labute approximate surface area is 220 Å². The highest BCUT2D eigenvalue weighted by Crippen LogP contribution is 2.36. The average Bonchev–Trinajstić information content (AvgIpc) is 3.36. The maximum atomic E-state index is 13.9. The highest BCUT2D eigenvalue weighted by Gasteiger charge is 2.35. The Morgan fingerprint density at radius 2 is 1.86 bits per heavy atom. The van der Waals surface area contributed by atoms with Crippen LogP contribution in [0.25, 0.3) is 10.2 Å². The van der Waals surface area contributed by atoms with Gasteiger partial charge in [0.1, 0.15) is 11.3 Å².